The van der Waals surface area contributed by atoms with Gasteiger partial charge in [-0.15, -0.1) is 12.4 Å². The number of nitrogens with one attached hydrogen (secondary N) is 1. The number of carbonyl (C=O) groups excluding carboxylic acids is 2. The molecular weight excluding hydrogens is 524 g/mol. The monoisotopic (exact) mass is 560 g/mol. The lowest BCUT2D eigenvalue weighted by Crippen LogP contribution is -2.37. The van der Waals surface area contributed by atoms with Crippen molar-refractivity contribution in [2.24, 2.45) is 11.5 Å². The maximum atomic E-state index is 13.2. The number of carbonyl (C=O) groups is 2. The Bertz CT molecular complexity index is 1310. The first-order valence-corrected chi connectivity index (χ1v) is 12.9. The number of aryl methyl sites for hydroxylation is 2. The maximum absolute atomic E-state index is 13.2. The minimum atomic E-state index is -0.587. The van der Waals surface area contributed by atoms with Crippen LogP contribution in [0.1, 0.15) is 39.9 Å². The lowest BCUT2D eigenvalue weighted by atomic mass is 10.1. The van der Waals surface area contributed by atoms with Crippen LogP contribution in [0, 0.1) is 6.92 Å². The molecule has 3 aromatic rings. The number of nitrogens with two attached hydrogens (primary N) is 2. The van der Waals surface area contributed by atoms with Gasteiger partial charge in [-0.05, 0) is 38.5 Å². The third-order valence-electron chi connectivity index (χ3n) is 6.32. The number of allylic oxidation sites excluding steroid dienone is 1. The van der Waals surface area contributed by atoms with Crippen molar-refractivity contribution in [1.29, 1.82) is 0 Å². The van der Waals surface area contributed by atoms with Crippen LogP contribution in [0.5, 0.6) is 5.75 Å². The van der Waals surface area contributed by atoms with E-state index in [0.29, 0.717) is 54.7 Å². The number of anilines is 1. The first-order valence-electron chi connectivity index (χ1n) is 12.9. The Morgan fingerprint density at radius 2 is 1.97 bits per heavy atom. The first kappa shape index (κ1) is 30.1. The number of ether oxygens (including phenoxy) is 2. The zero-order chi connectivity index (χ0) is 27.1. The van der Waals surface area contributed by atoms with Crippen molar-refractivity contribution in [1.82, 2.24) is 24.2 Å². The summed E-state index contributed by atoms with van der Waals surface area (Å²) in [6, 6.07) is 4.97. The Balaban J connectivity index is 0.00000420. The van der Waals surface area contributed by atoms with Crippen molar-refractivity contribution in [2.75, 3.05) is 51.3 Å². The molecule has 0 radical (unpaired) electrons. The number of imidazole rings is 1. The summed E-state index contributed by atoms with van der Waals surface area (Å²) in [7, 11) is 0. The molecule has 1 aromatic carbocycles. The average Bonchev–Trinajstić information content (AvgIpc) is 3.46. The van der Waals surface area contributed by atoms with Gasteiger partial charge < -0.3 is 25.5 Å². The predicted molar refractivity (Wildman–Crippen MR) is 152 cm³/mol. The second-order valence-corrected chi connectivity index (χ2v) is 9.06. The third-order valence-corrected chi connectivity index (χ3v) is 6.32. The van der Waals surface area contributed by atoms with Gasteiger partial charge in [0, 0.05) is 44.8 Å². The van der Waals surface area contributed by atoms with E-state index in [2.05, 4.69) is 20.3 Å². The molecule has 12 nitrogen and oxygen atoms in total. The fraction of sp³-hybridized carbons (Fsp3) is 0.462. The number of fused-ring (bicyclic) bond motifs is 1. The minimum absolute atomic E-state index is 0. The highest BCUT2D eigenvalue weighted by Crippen LogP contribution is 2.31. The molecule has 0 unspecified atom stereocenters. The average molecular weight is 561 g/mol. The third kappa shape index (κ3) is 7.35. The molecule has 0 spiro atoms. The van der Waals surface area contributed by atoms with E-state index in [4.69, 9.17) is 20.9 Å². The highest BCUT2D eigenvalue weighted by atomic mass is 35.5. The molecule has 2 aromatic heterocycles. The van der Waals surface area contributed by atoms with Crippen LogP contribution in [0.25, 0.3) is 11.0 Å². The van der Waals surface area contributed by atoms with Gasteiger partial charge in [-0.1, -0.05) is 12.2 Å². The maximum Gasteiger partial charge on any atom is 0.276 e. The second-order valence-electron chi connectivity index (χ2n) is 9.06. The minimum Gasteiger partial charge on any atom is -0.491 e. The predicted octanol–water partition coefficient (Wildman–Crippen LogP) is 1.95. The van der Waals surface area contributed by atoms with Gasteiger partial charge in [0.15, 0.2) is 0 Å². The Morgan fingerprint density at radius 3 is 2.67 bits per heavy atom. The van der Waals surface area contributed by atoms with Crippen molar-refractivity contribution < 1.29 is 19.1 Å². The standard InChI is InChI=1S/C26H36N8O4.ClH/c1-3-34-21(15-18(2)31-34)25(36)30-26-29-20-16-19(24(28)35)17-22(23(20)33(26)9-5-4-7-27)38-12-6-8-32-10-13-37-14-11-32;/h4-5,15-17H,3,6-14,27H2,1-2H3,(H2,28,35)(H,29,30,36);1H/b5-4+;. The van der Waals surface area contributed by atoms with Crippen LogP contribution in [0.2, 0.25) is 0 Å². The Kier molecular flexibility index (Phi) is 10.9. The topological polar surface area (TPSA) is 156 Å². The van der Waals surface area contributed by atoms with Crippen LogP contribution in [0.15, 0.2) is 30.4 Å². The molecule has 0 atom stereocenters. The van der Waals surface area contributed by atoms with Gasteiger partial charge in [-0.2, -0.15) is 5.10 Å². The zero-order valence-electron chi connectivity index (χ0n) is 22.4. The molecule has 0 aliphatic carbocycles. The normalized spacial score (nSPS) is 14.0. The summed E-state index contributed by atoms with van der Waals surface area (Å²) < 4.78 is 15.1. The number of morpholine rings is 1. The van der Waals surface area contributed by atoms with E-state index in [9.17, 15) is 9.59 Å². The Hall–Kier alpha value is -3.45. The molecule has 0 bridgehead atoms. The van der Waals surface area contributed by atoms with Crippen LogP contribution in [-0.2, 0) is 17.8 Å². The highest BCUT2D eigenvalue weighted by molar-refractivity contribution is 6.04. The van der Waals surface area contributed by atoms with E-state index in [-0.39, 0.29) is 23.9 Å². The lowest BCUT2D eigenvalue weighted by Gasteiger charge is -2.26. The number of hydrogen-bond acceptors (Lipinski definition) is 8. The molecule has 1 saturated heterocycles. The Labute approximate surface area is 233 Å². The smallest absolute Gasteiger partial charge is 0.276 e. The second kappa shape index (κ2) is 14.1. The van der Waals surface area contributed by atoms with Crippen LogP contribution in [0.4, 0.5) is 5.95 Å². The molecule has 0 saturated carbocycles. The number of hydrogen-bond donors (Lipinski definition) is 3. The number of amides is 2. The van der Waals surface area contributed by atoms with Crippen LogP contribution >= 0.6 is 12.4 Å². The SMILES string of the molecule is CCn1nc(C)cc1C(=O)Nc1nc2cc(C(N)=O)cc(OCCCN3CCOCC3)c2n1C/C=C/CN.Cl. The van der Waals surface area contributed by atoms with Gasteiger partial charge in [0.1, 0.15) is 17.0 Å². The summed E-state index contributed by atoms with van der Waals surface area (Å²) in [6.45, 7) is 9.68. The van der Waals surface area contributed by atoms with Crippen molar-refractivity contribution in [2.45, 2.75) is 33.4 Å². The Morgan fingerprint density at radius 1 is 1.21 bits per heavy atom. The molecule has 4 rings (SSSR count). The summed E-state index contributed by atoms with van der Waals surface area (Å²) in [4.78, 5) is 32.3. The van der Waals surface area contributed by atoms with Crippen molar-refractivity contribution in [3.05, 3.63) is 47.3 Å². The molecule has 13 heteroatoms. The number of nitrogens with zero attached hydrogens (tertiary/aromatic N) is 5. The summed E-state index contributed by atoms with van der Waals surface area (Å²) in [6.07, 6.45) is 4.52. The summed E-state index contributed by atoms with van der Waals surface area (Å²) in [5, 5.41) is 7.27. The summed E-state index contributed by atoms with van der Waals surface area (Å²) in [5.41, 5.74) is 13.9. The highest BCUT2D eigenvalue weighted by Gasteiger charge is 2.21. The first-order chi connectivity index (χ1) is 18.4. The molecule has 1 aliphatic heterocycles. The van der Waals surface area contributed by atoms with Crippen LogP contribution in [-0.4, -0.2) is 82.0 Å². The number of primary amides is 1. The van der Waals surface area contributed by atoms with E-state index in [0.717, 1.165) is 45.0 Å². The number of rotatable bonds is 12. The van der Waals surface area contributed by atoms with Crippen LogP contribution < -0.4 is 21.5 Å². The molecule has 212 valence electrons. The quantitative estimate of drug-likeness (QED) is 0.224. The zero-order valence-corrected chi connectivity index (χ0v) is 23.2. The molecule has 1 aliphatic rings. The lowest BCUT2D eigenvalue weighted by molar-refractivity contribution is 0.0358. The molecule has 39 heavy (non-hydrogen) atoms. The van der Waals surface area contributed by atoms with E-state index in [1.54, 1.807) is 22.9 Å². The van der Waals surface area contributed by atoms with E-state index in [1.165, 1.54) is 0 Å². The summed E-state index contributed by atoms with van der Waals surface area (Å²) >= 11 is 0. The van der Waals surface area contributed by atoms with E-state index >= 15 is 0 Å². The van der Waals surface area contributed by atoms with Crippen molar-refractivity contribution in [3.8, 4) is 5.75 Å². The van der Waals surface area contributed by atoms with Gasteiger partial charge in [0.05, 0.1) is 31.0 Å². The van der Waals surface area contributed by atoms with Crippen molar-refractivity contribution >= 4 is 41.2 Å². The number of benzene rings is 1. The number of halogens is 1. The number of aromatic nitrogens is 4. The largest absolute Gasteiger partial charge is 0.491 e. The van der Waals surface area contributed by atoms with Crippen molar-refractivity contribution in [3.63, 3.8) is 0 Å². The van der Waals surface area contributed by atoms with Gasteiger partial charge in [0.25, 0.3) is 5.91 Å². The van der Waals surface area contributed by atoms with Gasteiger partial charge in [-0.25, -0.2) is 4.98 Å². The molecule has 1 fully saturated rings. The molecule has 2 amide bonds. The van der Waals surface area contributed by atoms with E-state index in [1.807, 2.05) is 30.6 Å². The molecule has 3 heterocycles. The molecular formula is C26H37ClN8O4. The fourth-order valence-corrected chi connectivity index (χ4v) is 4.46. The molecule has 5 N–H and O–H groups in total. The van der Waals surface area contributed by atoms with Crippen LogP contribution in [0.3, 0.4) is 0 Å². The van der Waals surface area contributed by atoms with Gasteiger partial charge in [-0.3, -0.25) is 24.5 Å². The van der Waals surface area contributed by atoms with Gasteiger partial charge in [0.2, 0.25) is 11.9 Å². The van der Waals surface area contributed by atoms with E-state index < -0.39 is 5.91 Å². The fourth-order valence-electron chi connectivity index (χ4n) is 4.46. The van der Waals surface area contributed by atoms with Gasteiger partial charge >= 0.3 is 0 Å². The summed E-state index contributed by atoms with van der Waals surface area (Å²) in [5.74, 6) is -0.139.